The van der Waals surface area contributed by atoms with Crippen LogP contribution < -0.4 is 37.5 Å². The molecule has 0 radical (unpaired) electrons. The molecule has 2 aromatic heterocycles. The van der Waals surface area contributed by atoms with E-state index in [9.17, 15) is 62.4 Å². The number of carboxylic acid groups (broad SMARTS) is 2. The minimum atomic E-state index is -4.06. The Labute approximate surface area is 429 Å². The molecular weight excluding hydrogens is 1010 g/mol. The average Bonchev–Trinajstić information content (AvgIpc) is 4.02. The lowest BCUT2D eigenvalue weighted by atomic mass is 9.73. The van der Waals surface area contributed by atoms with Gasteiger partial charge in [-0.25, -0.2) is 23.1 Å². The summed E-state index contributed by atoms with van der Waals surface area (Å²) in [6, 6.07) is 7.76. The summed E-state index contributed by atoms with van der Waals surface area (Å²) in [7, 11) is -4.06. The zero-order valence-corrected chi connectivity index (χ0v) is 42.1. The number of hydrogen-bond donors (Lipinski definition) is 11. The van der Waals surface area contributed by atoms with E-state index in [1.165, 1.54) is 24.3 Å². The number of hydrogen-bond acceptors (Lipinski definition) is 19. The molecule has 0 spiro atoms. The molecule has 404 valence electrons. The molecule has 0 aliphatic carbocycles. The number of unbranched alkanes of at least 4 members (excludes halogenated alkanes) is 1. The molecule has 0 saturated heterocycles. The second-order valence-corrected chi connectivity index (χ2v) is 19.7. The standard InChI is InChI=1S/C45H62N12O15S2/c1-45(28-8-12-31(58)13-9-28,29-10-14-32(59)15-11-29)17-16-37(61)50-34(41(65)66)25-39(63)51-35(42(67)68)26-38(62)49-33(40(64)48-19-22-72-24-23-71-21-18-46)6-2-3-20-57-27-30(53-56-57)5-4-7-36(60)52-43-54-55-44(73-43)74(47,69)70/h8-15,27,33-35,58-59H,2-7,16-26,46H2,1H3,(H,48,64)(H,49,62)(H,50,61)(H,51,63)(H,65,66)(H,67,68)(H2,47,69,70)(H,52,54,60)/t33-,34?,35?/m0/s1. The van der Waals surface area contributed by atoms with Crippen LogP contribution in [-0.2, 0) is 71.4 Å². The molecule has 0 bridgehead atoms. The van der Waals surface area contributed by atoms with Crippen molar-refractivity contribution in [3.05, 3.63) is 71.5 Å². The highest BCUT2D eigenvalue weighted by molar-refractivity contribution is 7.91. The summed E-state index contributed by atoms with van der Waals surface area (Å²) in [4.78, 5) is 89.8. The number of rotatable bonds is 34. The second kappa shape index (κ2) is 29.5. The van der Waals surface area contributed by atoms with Gasteiger partial charge in [0.1, 0.15) is 29.6 Å². The highest BCUT2D eigenvalue weighted by Crippen LogP contribution is 2.38. The smallest absolute Gasteiger partial charge is 0.326 e. The number of nitrogens with zero attached hydrogens (tertiary/aromatic N) is 5. The van der Waals surface area contributed by atoms with Crippen LogP contribution in [0.5, 0.6) is 11.5 Å². The van der Waals surface area contributed by atoms with Gasteiger partial charge in [-0.15, -0.1) is 15.3 Å². The Hall–Kier alpha value is -7.18. The van der Waals surface area contributed by atoms with Crippen LogP contribution in [0, 0.1) is 0 Å². The third-order valence-electron chi connectivity index (χ3n) is 11.2. The molecule has 0 aliphatic heterocycles. The molecular formula is C45H62N12O15S2. The number of ether oxygens (including phenoxy) is 2. The second-order valence-electron chi connectivity index (χ2n) is 17.0. The maximum absolute atomic E-state index is 13.3. The number of amides is 5. The highest BCUT2D eigenvalue weighted by Gasteiger charge is 2.33. The van der Waals surface area contributed by atoms with Crippen molar-refractivity contribution in [3.8, 4) is 11.5 Å². The van der Waals surface area contributed by atoms with Gasteiger partial charge in [0, 0.05) is 44.1 Å². The molecule has 74 heavy (non-hydrogen) atoms. The Morgan fingerprint density at radius 3 is 1.85 bits per heavy atom. The normalized spacial score (nSPS) is 12.7. The summed E-state index contributed by atoms with van der Waals surface area (Å²) in [5, 5.41) is 71.9. The molecule has 3 atom stereocenters. The zero-order chi connectivity index (χ0) is 54.3. The van der Waals surface area contributed by atoms with E-state index in [4.69, 9.17) is 20.3 Å². The SMILES string of the molecule is CC(CCC(=O)NC(CC(=O)NC(CC(=O)N[C@@H](CCCCn1cc(CCCC(=O)Nc2nnc(S(N)(=O)=O)s2)nn1)C(=O)NCCOCCOCCN)C(=O)O)C(=O)O)(c1ccc(O)cc1)c1ccc(O)cc1. The van der Waals surface area contributed by atoms with E-state index in [1.807, 2.05) is 6.92 Å². The molecule has 4 aromatic rings. The topological polar surface area (TPSA) is 422 Å². The van der Waals surface area contributed by atoms with E-state index in [0.717, 1.165) is 0 Å². The first kappa shape index (κ1) is 59.4. The van der Waals surface area contributed by atoms with Crippen molar-refractivity contribution in [1.82, 2.24) is 46.5 Å². The molecule has 29 heteroatoms. The maximum atomic E-state index is 13.3. The first-order valence-corrected chi connectivity index (χ1v) is 25.6. The van der Waals surface area contributed by atoms with Crippen molar-refractivity contribution in [1.29, 1.82) is 0 Å². The molecule has 27 nitrogen and oxygen atoms in total. The number of nitrogens with two attached hydrogens (primary N) is 2. The van der Waals surface area contributed by atoms with Crippen LogP contribution in [0.2, 0.25) is 0 Å². The fraction of sp³-hybridized carbons (Fsp3) is 0.489. The fourth-order valence-electron chi connectivity index (χ4n) is 7.24. The van der Waals surface area contributed by atoms with Crippen molar-refractivity contribution in [3.63, 3.8) is 0 Å². The predicted molar refractivity (Wildman–Crippen MR) is 263 cm³/mol. The summed E-state index contributed by atoms with van der Waals surface area (Å²) in [6.45, 7) is 3.55. The number of phenolic OH excluding ortho intramolecular Hbond substituents is 2. The van der Waals surface area contributed by atoms with E-state index in [1.54, 1.807) is 35.1 Å². The quantitative estimate of drug-likeness (QED) is 0.0210. The Kier molecular flexibility index (Phi) is 23.7. The molecule has 2 unspecified atom stereocenters. The van der Waals surface area contributed by atoms with Gasteiger partial charge in [-0.05, 0) is 73.9 Å². The third-order valence-corrected chi connectivity index (χ3v) is 13.3. The van der Waals surface area contributed by atoms with Gasteiger partial charge in [0.05, 0.1) is 45.0 Å². The van der Waals surface area contributed by atoms with Gasteiger partial charge >= 0.3 is 11.9 Å². The van der Waals surface area contributed by atoms with Crippen molar-refractivity contribution in [2.45, 2.75) is 106 Å². The Balaban J connectivity index is 1.29. The summed E-state index contributed by atoms with van der Waals surface area (Å²) < 4.78 is 34.6. The molecule has 4 rings (SSSR count). The number of carbonyl (C=O) groups is 7. The number of primary sulfonamides is 1. The number of aromatic nitrogens is 5. The minimum absolute atomic E-state index is 0.0145. The molecule has 13 N–H and O–H groups in total. The lowest BCUT2D eigenvalue weighted by molar-refractivity contribution is -0.145. The van der Waals surface area contributed by atoms with Crippen molar-refractivity contribution in [2.75, 3.05) is 44.8 Å². The van der Waals surface area contributed by atoms with Gasteiger partial charge in [0.15, 0.2) is 0 Å². The number of aromatic hydroxyl groups is 2. The van der Waals surface area contributed by atoms with Crippen LogP contribution in [0.4, 0.5) is 5.13 Å². The van der Waals surface area contributed by atoms with Gasteiger partial charge in [-0.1, -0.05) is 47.7 Å². The number of nitrogens with one attached hydrogen (secondary N) is 5. The first-order chi connectivity index (χ1) is 35.2. The fourth-order valence-corrected chi connectivity index (χ4v) is 8.59. The van der Waals surface area contributed by atoms with Crippen molar-refractivity contribution < 1.29 is 71.9 Å². The molecule has 0 fully saturated rings. The molecule has 2 heterocycles. The van der Waals surface area contributed by atoms with E-state index in [0.29, 0.717) is 73.5 Å². The third kappa shape index (κ3) is 20.4. The van der Waals surface area contributed by atoms with Crippen LogP contribution in [0.25, 0.3) is 0 Å². The Morgan fingerprint density at radius 1 is 0.730 bits per heavy atom. The summed E-state index contributed by atoms with van der Waals surface area (Å²) >= 11 is 0.619. The minimum Gasteiger partial charge on any atom is -0.508 e. The summed E-state index contributed by atoms with van der Waals surface area (Å²) in [5.74, 6) is -6.99. The van der Waals surface area contributed by atoms with E-state index in [-0.39, 0.29) is 68.7 Å². The van der Waals surface area contributed by atoms with Gasteiger partial charge in [0.25, 0.3) is 10.0 Å². The van der Waals surface area contributed by atoms with Gasteiger partial charge in [-0.3, -0.25) is 28.7 Å². The molecule has 0 saturated carbocycles. The maximum Gasteiger partial charge on any atom is 0.326 e. The van der Waals surface area contributed by atoms with Crippen LogP contribution in [0.15, 0.2) is 59.1 Å². The molecule has 0 aliphatic rings. The first-order valence-electron chi connectivity index (χ1n) is 23.3. The number of aryl methyl sites for hydroxylation is 2. The number of phenols is 2. The molecule has 2 aromatic carbocycles. The van der Waals surface area contributed by atoms with E-state index >= 15 is 0 Å². The van der Waals surface area contributed by atoms with E-state index in [2.05, 4.69) is 47.1 Å². The monoisotopic (exact) mass is 1070 g/mol. The number of anilines is 1. The largest absolute Gasteiger partial charge is 0.508 e. The van der Waals surface area contributed by atoms with Gasteiger partial charge < -0.3 is 62.2 Å². The lowest BCUT2D eigenvalue weighted by Crippen LogP contribution is -2.51. The van der Waals surface area contributed by atoms with Crippen molar-refractivity contribution in [2.24, 2.45) is 10.9 Å². The number of aliphatic carboxylic acids is 2. The average molecular weight is 1080 g/mol. The number of carbonyl (C=O) groups excluding carboxylic acids is 5. The zero-order valence-electron chi connectivity index (χ0n) is 40.4. The van der Waals surface area contributed by atoms with Crippen molar-refractivity contribution >= 4 is 68.0 Å². The number of sulfonamides is 1. The highest BCUT2D eigenvalue weighted by atomic mass is 32.2. The number of carboxylic acids is 2. The van der Waals surface area contributed by atoms with Crippen LogP contribution in [-0.4, -0.2) is 153 Å². The van der Waals surface area contributed by atoms with Crippen LogP contribution in [0.1, 0.15) is 81.5 Å². The van der Waals surface area contributed by atoms with Gasteiger partial charge in [-0.2, -0.15) is 0 Å². The molecule has 5 amide bonds. The van der Waals surface area contributed by atoms with Gasteiger partial charge in [0.2, 0.25) is 39.0 Å². The Bertz CT molecular complexity index is 2570. The predicted octanol–water partition coefficient (Wildman–Crippen LogP) is -0.382. The van der Waals surface area contributed by atoms with Crippen LogP contribution >= 0.6 is 11.3 Å². The summed E-state index contributed by atoms with van der Waals surface area (Å²) in [6.07, 6.45) is 1.54. The van der Waals surface area contributed by atoms with E-state index < -0.39 is 92.2 Å². The van der Waals surface area contributed by atoms with Crippen LogP contribution in [0.3, 0.4) is 0 Å². The summed E-state index contributed by atoms with van der Waals surface area (Å²) in [5.41, 5.74) is 6.54. The lowest BCUT2D eigenvalue weighted by Gasteiger charge is -2.31. The Morgan fingerprint density at radius 2 is 1.30 bits per heavy atom. The number of benzene rings is 2.